The van der Waals surface area contributed by atoms with Crippen molar-refractivity contribution in [1.29, 1.82) is 0 Å². The fourth-order valence-electron chi connectivity index (χ4n) is 2.90. The molecule has 0 heterocycles. The van der Waals surface area contributed by atoms with E-state index in [0.717, 1.165) is 11.8 Å². The van der Waals surface area contributed by atoms with E-state index in [-0.39, 0.29) is 30.4 Å². The van der Waals surface area contributed by atoms with Gasteiger partial charge in [-0.3, -0.25) is 0 Å². The molecule has 0 saturated heterocycles. The Balaban J connectivity index is 0.000000720. The minimum absolute atomic E-state index is 0. The van der Waals surface area contributed by atoms with Crippen LogP contribution in [0.2, 0.25) is 0 Å². The van der Waals surface area contributed by atoms with Gasteiger partial charge in [-0.15, -0.1) is 24.8 Å². The van der Waals surface area contributed by atoms with Crippen LogP contribution in [0.25, 0.3) is 0 Å². The summed E-state index contributed by atoms with van der Waals surface area (Å²) in [6, 6.07) is 0. The van der Waals surface area contributed by atoms with Crippen molar-refractivity contribution in [2.75, 3.05) is 6.54 Å². The zero-order valence-corrected chi connectivity index (χ0v) is 9.50. The molecule has 3 aliphatic carbocycles. The lowest BCUT2D eigenvalue weighted by molar-refractivity contribution is 0.0759. The van der Waals surface area contributed by atoms with Crippen molar-refractivity contribution >= 4 is 24.8 Å². The maximum atomic E-state index is 6.22. The predicted octanol–water partition coefficient (Wildman–Crippen LogP) is 1.70. The largest absolute Gasteiger partial charge is 0.329 e. The summed E-state index contributed by atoms with van der Waals surface area (Å²) in [6.07, 6.45) is 6.66. The van der Waals surface area contributed by atoms with Gasteiger partial charge in [0.25, 0.3) is 0 Å². The maximum Gasteiger partial charge on any atom is 0.0309 e. The first-order valence-corrected chi connectivity index (χ1v) is 4.73. The van der Waals surface area contributed by atoms with Crippen molar-refractivity contribution in [3.05, 3.63) is 0 Å². The van der Waals surface area contributed by atoms with Crippen LogP contribution >= 0.6 is 24.8 Å². The fraction of sp³-hybridized carbons (Fsp3) is 1.00. The molecule has 0 aromatic rings. The molecule has 0 radical (unpaired) electrons. The Labute approximate surface area is 92.6 Å². The average molecular weight is 227 g/mol. The second kappa shape index (κ2) is 4.83. The zero-order valence-electron chi connectivity index (χ0n) is 7.87. The van der Waals surface area contributed by atoms with Gasteiger partial charge in [0.1, 0.15) is 0 Å². The van der Waals surface area contributed by atoms with Crippen LogP contribution in [0.1, 0.15) is 32.1 Å². The van der Waals surface area contributed by atoms with Gasteiger partial charge in [0.05, 0.1) is 0 Å². The number of rotatable bonds is 1. The van der Waals surface area contributed by atoms with Gasteiger partial charge in [-0.25, -0.2) is 0 Å². The molecular weight excluding hydrogens is 207 g/mol. The summed E-state index contributed by atoms with van der Waals surface area (Å²) >= 11 is 0. The number of nitrogens with two attached hydrogens (primary N) is 2. The highest BCUT2D eigenvalue weighted by Gasteiger charge is 2.43. The summed E-state index contributed by atoms with van der Waals surface area (Å²) < 4.78 is 0. The first-order valence-electron chi connectivity index (χ1n) is 4.73. The summed E-state index contributed by atoms with van der Waals surface area (Å²) in [7, 11) is 0. The fourth-order valence-corrected chi connectivity index (χ4v) is 2.90. The Morgan fingerprint density at radius 3 is 1.85 bits per heavy atom. The summed E-state index contributed by atoms with van der Waals surface area (Å²) in [6.45, 7) is 0.689. The highest BCUT2D eigenvalue weighted by atomic mass is 35.5. The van der Waals surface area contributed by atoms with Gasteiger partial charge in [0, 0.05) is 12.1 Å². The van der Waals surface area contributed by atoms with Crippen LogP contribution in [0.5, 0.6) is 0 Å². The van der Waals surface area contributed by atoms with Crippen molar-refractivity contribution in [1.82, 2.24) is 0 Å². The summed E-state index contributed by atoms with van der Waals surface area (Å²) in [5.41, 5.74) is 11.9. The van der Waals surface area contributed by atoms with E-state index in [4.69, 9.17) is 11.5 Å². The Bertz CT molecular complexity index is 158. The van der Waals surface area contributed by atoms with Crippen LogP contribution in [0.15, 0.2) is 0 Å². The molecule has 2 bridgehead atoms. The highest BCUT2D eigenvalue weighted by Crippen LogP contribution is 2.45. The van der Waals surface area contributed by atoms with Gasteiger partial charge in [0.2, 0.25) is 0 Å². The second-order valence-electron chi connectivity index (χ2n) is 4.36. The van der Waals surface area contributed by atoms with E-state index in [2.05, 4.69) is 0 Å². The van der Waals surface area contributed by atoms with Gasteiger partial charge >= 0.3 is 0 Å². The Morgan fingerprint density at radius 1 is 1.08 bits per heavy atom. The normalized spacial score (nSPS) is 42.0. The first kappa shape index (κ1) is 13.5. The van der Waals surface area contributed by atoms with Crippen molar-refractivity contribution in [2.24, 2.45) is 23.3 Å². The van der Waals surface area contributed by atoms with E-state index in [0.29, 0.717) is 6.54 Å². The van der Waals surface area contributed by atoms with E-state index in [1.54, 1.807) is 0 Å². The van der Waals surface area contributed by atoms with Gasteiger partial charge in [-0.05, 0) is 31.1 Å². The van der Waals surface area contributed by atoms with E-state index in [1.165, 1.54) is 32.1 Å². The molecule has 0 aromatic heterocycles. The Morgan fingerprint density at radius 2 is 1.62 bits per heavy atom. The third kappa shape index (κ3) is 2.30. The number of hydrogen-bond acceptors (Lipinski definition) is 2. The van der Waals surface area contributed by atoms with Crippen LogP contribution in [0.4, 0.5) is 0 Å². The average Bonchev–Trinajstić information content (AvgIpc) is 2.06. The minimum Gasteiger partial charge on any atom is -0.329 e. The van der Waals surface area contributed by atoms with E-state index in [9.17, 15) is 0 Å². The monoisotopic (exact) mass is 226 g/mol. The molecule has 4 heteroatoms. The number of hydrogen-bond donors (Lipinski definition) is 2. The van der Waals surface area contributed by atoms with Crippen LogP contribution < -0.4 is 11.5 Å². The Hall–Kier alpha value is 0.500. The van der Waals surface area contributed by atoms with Gasteiger partial charge in [-0.2, -0.15) is 0 Å². The third-order valence-corrected chi connectivity index (χ3v) is 3.71. The van der Waals surface area contributed by atoms with Crippen LogP contribution in [-0.2, 0) is 0 Å². The lowest BCUT2D eigenvalue weighted by Gasteiger charge is -2.49. The standard InChI is InChI=1S/C9H18N2.2ClH/c10-6-9(11)5-7-1-3-8(9)4-2-7;;/h7-8H,1-6,10-11H2;2*1H. The molecule has 0 aliphatic heterocycles. The molecule has 13 heavy (non-hydrogen) atoms. The molecule has 0 aromatic carbocycles. The van der Waals surface area contributed by atoms with Crippen molar-refractivity contribution in [3.63, 3.8) is 0 Å². The maximum absolute atomic E-state index is 6.22. The van der Waals surface area contributed by atoms with Crippen molar-refractivity contribution in [2.45, 2.75) is 37.6 Å². The molecule has 80 valence electrons. The second-order valence-corrected chi connectivity index (χ2v) is 4.36. The highest BCUT2D eigenvalue weighted by molar-refractivity contribution is 5.85. The van der Waals surface area contributed by atoms with E-state index in [1.807, 2.05) is 0 Å². The Kier molecular flexibility index (Phi) is 5.02. The van der Waals surface area contributed by atoms with Crippen LogP contribution in [0.3, 0.4) is 0 Å². The minimum atomic E-state index is 0. The molecule has 0 amide bonds. The van der Waals surface area contributed by atoms with E-state index >= 15 is 0 Å². The lowest BCUT2D eigenvalue weighted by atomic mass is 9.61. The molecule has 3 saturated carbocycles. The third-order valence-electron chi connectivity index (χ3n) is 3.71. The number of fused-ring (bicyclic) bond motifs is 3. The smallest absolute Gasteiger partial charge is 0.0309 e. The molecule has 1 unspecified atom stereocenters. The zero-order chi connectivity index (χ0) is 7.90. The summed E-state index contributed by atoms with van der Waals surface area (Å²) in [5, 5.41) is 0. The summed E-state index contributed by atoms with van der Waals surface area (Å²) in [4.78, 5) is 0. The predicted molar refractivity (Wildman–Crippen MR) is 60.5 cm³/mol. The SMILES string of the molecule is Cl.Cl.NCC1(N)CC2CCC1CC2. The van der Waals surface area contributed by atoms with Gasteiger partial charge in [-0.1, -0.05) is 12.8 Å². The van der Waals surface area contributed by atoms with Crippen LogP contribution in [0, 0.1) is 11.8 Å². The van der Waals surface area contributed by atoms with E-state index < -0.39 is 0 Å². The number of halogens is 2. The molecule has 3 fully saturated rings. The molecule has 3 rings (SSSR count). The summed E-state index contributed by atoms with van der Waals surface area (Å²) in [5.74, 6) is 1.63. The molecule has 1 atom stereocenters. The molecule has 2 nitrogen and oxygen atoms in total. The molecule has 3 aliphatic rings. The van der Waals surface area contributed by atoms with Gasteiger partial charge in [0.15, 0.2) is 0 Å². The molecule has 0 spiro atoms. The van der Waals surface area contributed by atoms with Crippen LogP contribution in [-0.4, -0.2) is 12.1 Å². The van der Waals surface area contributed by atoms with Crippen molar-refractivity contribution in [3.8, 4) is 0 Å². The molecular formula is C9H20Cl2N2. The van der Waals surface area contributed by atoms with Crippen molar-refractivity contribution < 1.29 is 0 Å². The van der Waals surface area contributed by atoms with Gasteiger partial charge < -0.3 is 11.5 Å². The first-order chi connectivity index (χ1) is 5.24. The molecule has 4 N–H and O–H groups in total. The lowest BCUT2D eigenvalue weighted by Crippen LogP contribution is -2.58. The quantitative estimate of drug-likeness (QED) is 0.716. The topological polar surface area (TPSA) is 52.0 Å².